The molecule has 28 heavy (non-hydrogen) atoms. The van der Waals surface area contributed by atoms with Crippen LogP contribution in [0.25, 0.3) is 0 Å². The molecule has 1 aliphatic rings. The molecule has 0 aromatic heterocycles. The van der Waals surface area contributed by atoms with Gasteiger partial charge in [0.25, 0.3) is 5.91 Å². The number of hydrogen-bond acceptors (Lipinski definition) is 4. The highest BCUT2D eigenvalue weighted by Crippen LogP contribution is 2.39. The van der Waals surface area contributed by atoms with Crippen LogP contribution in [-0.2, 0) is 4.79 Å². The van der Waals surface area contributed by atoms with E-state index in [1.807, 2.05) is 23.1 Å². The number of amides is 1. The quantitative estimate of drug-likeness (QED) is 0.644. The highest BCUT2D eigenvalue weighted by atomic mass is 35.5. The number of carbonyl (C=O) groups is 1. The van der Waals surface area contributed by atoms with Gasteiger partial charge in [-0.05, 0) is 50.1 Å². The summed E-state index contributed by atoms with van der Waals surface area (Å²) >= 11 is 12.1. The molecule has 150 valence electrons. The van der Waals surface area contributed by atoms with Gasteiger partial charge in [0.2, 0.25) is 0 Å². The fourth-order valence-corrected chi connectivity index (χ4v) is 3.95. The van der Waals surface area contributed by atoms with E-state index in [-0.39, 0.29) is 11.9 Å². The van der Waals surface area contributed by atoms with E-state index >= 15 is 0 Å². The zero-order chi connectivity index (χ0) is 20.3. The van der Waals surface area contributed by atoms with Crippen molar-refractivity contribution < 1.29 is 19.0 Å². The van der Waals surface area contributed by atoms with Crippen LogP contribution in [0.1, 0.15) is 31.4 Å². The Morgan fingerprint density at radius 2 is 1.89 bits per heavy atom. The number of likely N-dealkylation sites (tertiary alicyclic amines) is 1. The molecule has 1 saturated heterocycles. The third-order valence-corrected chi connectivity index (χ3v) is 5.41. The van der Waals surface area contributed by atoms with Gasteiger partial charge in [0.15, 0.2) is 6.10 Å². The molecule has 2 unspecified atom stereocenters. The number of halogens is 2. The Morgan fingerprint density at radius 1 is 1.11 bits per heavy atom. The zero-order valence-corrected chi connectivity index (χ0v) is 17.6. The molecule has 1 heterocycles. The molecule has 5 nitrogen and oxygen atoms in total. The van der Waals surface area contributed by atoms with Gasteiger partial charge in [-0.1, -0.05) is 23.2 Å². The number of rotatable bonds is 6. The third kappa shape index (κ3) is 4.31. The lowest BCUT2D eigenvalue weighted by molar-refractivity contribution is -0.138. The summed E-state index contributed by atoms with van der Waals surface area (Å²) in [7, 11) is 3.23. The van der Waals surface area contributed by atoms with Gasteiger partial charge in [0.05, 0.1) is 25.3 Å². The molecule has 2 aromatic carbocycles. The Morgan fingerprint density at radius 3 is 2.57 bits per heavy atom. The minimum Gasteiger partial charge on any atom is -0.497 e. The second-order valence-corrected chi connectivity index (χ2v) is 7.48. The lowest BCUT2D eigenvalue weighted by Gasteiger charge is -2.29. The first-order chi connectivity index (χ1) is 13.4. The summed E-state index contributed by atoms with van der Waals surface area (Å²) in [5.74, 6) is 1.76. The van der Waals surface area contributed by atoms with Crippen molar-refractivity contribution in [3.05, 3.63) is 52.0 Å². The SMILES string of the molecule is COc1ccc(C2CCCN2C(=O)C(C)Oc2ccc(Cl)cc2Cl)c(OC)c1. The van der Waals surface area contributed by atoms with Crippen molar-refractivity contribution in [1.29, 1.82) is 0 Å². The number of nitrogens with zero attached hydrogens (tertiary/aromatic N) is 1. The summed E-state index contributed by atoms with van der Waals surface area (Å²) in [6.07, 6.45) is 1.10. The van der Waals surface area contributed by atoms with E-state index in [1.165, 1.54) is 0 Å². The molecular weight excluding hydrogens is 401 g/mol. The minimum atomic E-state index is -0.677. The van der Waals surface area contributed by atoms with Gasteiger partial charge < -0.3 is 19.1 Å². The lowest BCUT2D eigenvalue weighted by atomic mass is 10.0. The Kier molecular flexibility index (Phi) is 6.57. The lowest BCUT2D eigenvalue weighted by Crippen LogP contribution is -2.40. The summed E-state index contributed by atoms with van der Waals surface area (Å²) in [4.78, 5) is 14.9. The van der Waals surface area contributed by atoms with Crippen LogP contribution in [-0.4, -0.2) is 37.7 Å². The molecule has 0 N–H and O–H groups in total. The standard InChI is InChI=1S/C21H23Cl2NO4/c1-13(28-19-9-6-14(22)11-17(19)23)21(25)24-10-4-5-18(24)16-8-7-15(26-2)12-20(16)27-3/h6-9,11-13,18H,4-5,10H2,1-3H3. The molecular formula is C21H23Cl2NO4. The molecule has 0 bridgehead atoms. The predicted molar refractivity (Wildman–Crippen MR) is 110 cm³/mol. The Balaban J connectivity index is 1.79. The molecule has 2 aromatic rings. The normalized spacial score (nSPS) is 17.3. The van der Waals surface area contributed by atoms with Crippen LogP contribution < -0.4 is 14.2 Å². The Bertz CT molecular complexity index is 858. The molecule has 2 atom stereocenters. The van der Waals surface area contributed by atoms with Crippen LogP contribution in [0.2, 0.25) is 10.0 Å². The van der Waals surface area contributed by atoms with Gasteiger partial charge in [0, 0.05) is 23.2 Å². The summed E-state index contributed by atoms with van der Waals surface area (Å²) in [6.45, 7) is 2.40. The zero-order valence-electron chi connectivity index (χ0n) is 16.1. The van der Waals surface area contributed by atoms with Crippen LogP contribution in [0.5, 0.6) is 17.2 Å². The Hall–Kier alpha value is -2.11. The van der Waals surface area contributed by atoms with Gasteiger partial charge in [-0.15, -0.1) is 0 Å². The largest absolute Gasteiger partial charge is 0.497 e. The molecule has 1 fully saturated rings. The maximum atomic E-state index is 13.1. The van der Waals surface area contributed by atoms with E-state index in [1.54, 1.807) is 39.3 Å². The van der Waals surface area contributed by atoms with Crippen LogP contribution in [0.4, 0.5) is 0 Å². The average Bonchev–Trinajstić information content (AvgIpc) is 3.18. The second kappa shape index (κ2) is 8.93. The number of methoxy groups -OCH3 is 2. The predicted octanol–water partition coefficient (Wildman–Crippen LogP) is 5.14. The van der Waals surface area contributed by atoms with Crippen LogP contribution in [0, 0.1) is 0 Å². The molecule has 7 heteroatoms. The van der Waals surface area contributed by atoms with Crippen molar-refractivity contribution in [3.8, 4) is 17.2 Å². The molecule has 0 spiro atoms. The highest BCUT2D eigenvalue weighted by molar-refractivity contribution is 6.35. The van der Waals surface area contributed by atoms with E-state index in [4.69, 9.17) is 37.4 Å². The van der Waals surface area contributed by atoms with Crippen molar-refractivity contribution >= 4 is 29.1 Å². The molecule has 1 amide bonds. The van der Waals surface area contributed by atoms with Gasteiger partial charge in [0.1, 0.15) is 17.2 Å². The van der Waals surface area contributed by atoms with Crippen LogP contribution in [0.15, 0.2) is 36.4 Å². The van der Waals surface area contributed by atoms with Crippen molar-refractivity contribution in [2.45, 2.75) is 31.9 Å². The maximum absolute atomic E-state index is 13.1. The van der Waals surface area contributed by atoms with Crippen molar-refractivity contribution in [2.75, 3.05) is 20.8 Å². The van der Waals surface area contributed by atoms with E-state index < -0.39 is 6.10 Å². The summed E-state index contributed by atoms with van der Waals surface area (Å²) in [5, 5.41) is 0.893. The first-order valence-electron chi connectivity index (χ1n) is 9.08. The first-order valence-corrected chi connectivity index (χ1v) is 9.84. The molecule has 0 aliphatic carbocycles. The molecule has 1 aliphatic heterocycles. The molecule has 0 radical (unpaired) electrons. The van der Waals surface area contributed by atoms with Gasteiger partial charge in [-0.3, -0.25) is 4.79 Å². The van der Waals surface area contributed by atoms with E-state index in [0.717, 1.165) is 18.4 Å². The van der Waals surface area contributed by atoms with Gasteiger partial charge >= 0.3 is 0 Å². The number of benzene rings is 2. The fourth-order valence-electron chi connectivity index (χ4n) is 3.49. The van der Waals surface area contributed by atoms with Gasteiger partial charge in [-0.25, -0.2) is 0 Å². The Labute approximate surface area is 175 Å². The third-order valence-electron chi connectivity index (χ3n) is 4.88. The monoisotopic (exact) mass is 423 g/mol. The van der Waals surface area contributed by atoms with Crippen molar-refractivity contribution in [1.82, 2.24) is 4.90 Å². The second-order valence-electron chi connectivity index (χ2n) is 6.63. The first kappa shape index (κ1) is 20.6. The number of hydrogen-bond donors (Lipinski definition) is 0. The van der Waals surface area contributed by atoms with E-state index in [9.17, 15) is 4.79 Å². The van der Waals surface area contributed by atoms with E-state index in [0.29, 0.717) is 33.8 Å². The average molecular weight is 424 g/mol. The number of carbonyl (C=O) groups excluding carboxylic acids is 1. The summed E-state index contributed by atoms with van der Waals surface area (Å²) < 4.78 is 16.6. The maximum Gasteiger partial charge on any atom is 0.263 e. The van der Waals surface area contributed by atoms with Gasteiger partial charge in [-0.2, -0.15) is 0 Å². The van der Waals surface area contributed by atoms with Crippen LogP contribution >= 0.6 is 23.2 Å². The molecule has 3 rings (SSSR count). The molecule has 0 saturated carbocycles. The number of ether oxygens (including phenoxy) is 3. The van der Waals surface area contributed by atoms with E-state index in [2.05, 4.69) is 0 Å². The van der Waals surface area contributed by atoms with Crippen molar-refractivity contribution in [3.63, 3.8) is 0 Å². The fraction of sp³-hybridized carbons (Fsp3) is 0.381. The highest BCUT2D eigenvalue weighted by Gasteiger charge is 2.35. The van der Waals surface area contributed by atoms with Crippen LogP contribution in [0.3, 0.4) is 0 Å². The topological polar surface area (TPSA) is 48.0 Å². The summed E-state index contributed by atoms with van der Waals surface area (Å²) in [5.41, 5.74) is 0.964. The minimum absolute atomic E-state index is 0.0694. The van der Waals surface area contributed by atoms with Crippen molar-refractivity contribution in [2.24, 2.45) is 0 Å². The summed E-state index contributed by atoms with van der Waals surface area (Å²) in [6, 6.07) is 10.5. The smallest absolute Gasteiger partial charge is 0.263 e.